The Labute approximate surface area is 182 Å². The van der Waals surface area contributed by atoms with Crippen LogP contribution in [0.2, 0.25) is 0 Å². The van der Waals surface area contributed by atoms with Crippen molar-refractivity contribution in [2.24, 2.45) is 9.89 Å². The van der Waals surface area contributed by atoms with Gasteiger partial charge in [0, 0.05) is 4.95 Å². The summed E-state index contributed by atoms with van der Waals surface area (Å²) in [4.78, 5) is 28.7. The minimum absolute atomic E-state index is 0.0318. The fraction of sp³-hybridized carbons (Fsp3) is 0.667. The second kappa shape index (κ2) is 14.8. The van der Waals surface area contributed by atoms with Crippen molar-refractivity contribution in [3.8, 4) is 0 Å². The van der Waals surface area contributed by atoms with Gasteiger partial charge in [-0.15, -0.1) is 9.81 Å². The van der Waals surface area contributed by atoms with Gasteiger partial charge in [0.2, 0.25) is 0 Å². The molecular formula is C21H38N2O5P2. The van der Waals surface area contributed by atoms with E-state index in [4.69, 9.17) is 9.05 Å². The predicted molar refractivity (Wildman–Crippen MR) is 130 cm³/mol. The Balaban J connectivity index is 5.28. The molecule has 0 bridgehead atoms. The van der Waals surface area contributed by atoms with Crippen LogP contribution in [0.5, 0.6) is 0 Å². The van der Waals surface area contributed by atoms with E-state index in [1.54, 1.807) is 13.8 Å². The van der Waals surface area contributed by atoms with E-state index in [0.717, 1.165) is 31.3 Å². The summed E-state index contributed by atoms with van der Waals surface area (Å²) in [6.45, 7) is 11.8. The zero-order chi connectivity index (χ0) is 23.2. The Hall–Kier alpha value is -1.13. The van der Waals surface area contributed by atoms with Gasteiger partial charge in [0.1, 0.15) is 5.40 Å². The van der Waals surface area contributed by atoms with Crippen molar-refractivity contribution in [1.29, 1.82) is 0 Å². The molecule has 9 heteroatoms. The third kappa shape index (κ3) is 10.3. The molecule has 0 saturated heterocycles. The predicted octanol–water partition coefficient (Wildman–Crippen LogP) is 8.20. The fourth-order valence-corrected chi connectivity index (χ4v) is 7.66. The van der Waals surface area contributed by atoms with Crippen LogP contribution >= 0.6 is 14.8 Å². The lowest BCUT2D eigenvalue weighted by Crippen LogP contribution is -2.11. The first-order chi connectivity index (χ1) is 14.1. The third-order valence-corrected chi connectivity index (χ3v) is 10.5. The van der Waals surface area contributed by atoms with Crippen molar-refractivity contribution in [3.05, 3.63) is 44.8 Å². The third-order valence-electron chi connectivity index (χ3n) is 4.56. The molecule has 0 aromatic heterocycles. The van der Waals surface area contributed by atoms with Gasteiger partial charge in [-0.3, -0.25) is 4.57 Å². The van der Waals surface area contributed by atoms with Crippen LogP contribution in [0.4, 0.5) is 0 Å². The largest absolute Gasteiger partial charge is 0.363 e. The minimum atomic E-state index is -4.02. The SMILES string of the molecule is C=P(N=O)(OCC)C(C/C=C(\C)CC/C=C(\C)CCC=C(C)C)P(=O)(N=O)OCC. The van der Waals surface area contributed by atoms with Gasteiger partial charge in [0.25, 0.3) is 0 Å². The second-order valence-corrected chi connectivity index (χ2v) is 12.6. The number of rotatable bonds is 16. The Morgan fingerprint density at radius 2 is 1.43 bits per heavy atom. The van der Waals surface area contributed by atoms with Gasteiger partial charge in [-0.1, -0.05) is 41.2 Å². The molecule has 0 spiro atoms. The molecule has 0 saturated carbocycles. The molecule has 0 heterocycles. The van der Waals surface area contributed by atoms with Crippen molar-refractivity contribution in [1.82, 2.24) is 0 Å². The lowest BCUT2D eigenvalue weighted by atomic mass is 10.1. The Morgan fingerprint density at radius 3 is 1.90 bits per heavy atom. The van der Waals surface area contributed by atoms with E-state index in [-0.39, 0.29) is 19.6 Å². The van der Waals surface area contributed by atoms with Crippen LogP contribution < -0.4 is 0 Å². The normalized spacial score (nSPS) is 17.5. The maximum atomic E-state index is 13.0. The molecule has 0 amide bonds. The quantitative estimate of drug-likeness (QED) is 0.131. The van der Waals surface area contributed by atoms with Crippen molar-refractivity contribution in [3.63, 3.8) is 0 Å². The van der Waals surface area contributed by atoms with Gasteiger partial charge in [-0.2, -0.15) is 0 Å². The molecule has 0 N–H and O–H groups in total. The number of nitroso groups, excluding NO2 is 2. The summed E-state index contributed by atoms with van der Waals surface area (Å²) in [7, 11) is -7.29. The van der Waals surface area contributed by atoms with Crippen LogP contribution in [0.1, 0.15) is 73.6 Å². The van der Waals surface area contributed by atoms with Crippen LogP contribution in [0, 0.1) is 9.81 Å². The average Bonchev–Trinajstić information content (AvgIpc) is 2.68. The van der Waals surface area contributed by atoms with Gasteiger partial charge in [0.05, 0.1) is 13.2 Å². The lowest BCUT2D eigenvalue weighted by molar-refractivity contribution is 0.326. The van der Waals surface area contributed by atoms with E-state index in [1.807, 2.05) is 13.0 Å². The van der Waals surface area contributed by atoms with Gasteiger partial charge in [-0.05, 0) is 78.6 Å². The molecular weight excluding hydrogens is 422 g/mol. The Bertz CT molecular complexity index is 708. The minimum Gasteiger partial charge on any atom is -0.338 e. The maximum Gasteiger partial charge on any atom is 0.363 e. The molecule has 0 aromatic carbocycles. The summed E-state index contributed by atoms with van der Waals surface area (Å²) >= 11 is 0. The Morgan fingerprint density at radius 1 is 0.900 bits per heavy atom. The molecule has 0 aliphatic carbocycles. The first-order valence-electron chi connectivity index (χ1n) is 10.3. The zero-order valence-corrected chi connectivity index (χ0v) is 21.1. The summed E-state index contributed by atoms with van der Waals surface area (Å²) in [6, 6.07) is 0. The van der Waals surface area contributed by atoms with E-state index < -0.39 is 20.2 Å². The molecule has 3 unspecified atom stereocenters. The molecule has 172 valence electrons. The molecule has 30 heavy (non-hydrogen) atoms. The standard InChI is InChI=1S/C21H38N2O5P2/c1-8-27-29(7,22-24)21(30(26,23-25)28-9-2)17-16-20(6)15-11-14-19(5)13-10-12-18(3)4/h12,14,16,21H,7-11,13,15,17H2,1-6H3/b19-14+,20-16+. The van der Waals surface area contributed by atoms with E-state index in [1.165, 1.54) is 11.1 Å². The van der Waals surface area contributed by atoms with Crippen molar-refractivity contribution >= 4 is 21.1 Å². The van der Waals surface area contributed by atoms with E-state index in [9.17, 15) is 14.4 Å². The summed E-state index contributed by atoms with van der Waals surface area (Å²) in [5, 5.41) is -1.07. The van der Waals surface area contributed by atoms with E-state index in [0.29, 0.717) is 0 Å². The van der Waals surface area contributed by atoms with Crippen LogP contribution in [-0.2, 0) is 13.6 Å². The fourth-order valence-electron chi connectivity index (χ4n) is 2.91. The highest BCUT2D eigenvalue weighted by molar-refractivity contribution is 7.81. The second-order valence-electron chi connectivity index (χ2n) is 7.49. The number of hydrogen-bond donors (Lipinski definition) is 0. The highest BCUT2D eigenvalue weighted by Gasteiger charge is 2.46. The number of allylic oxidation sites excluding steroid dienone is 6. The van der Waals surface area contributed by atoms with Crippen molar-refractivity contribution in [2.75, 3.05) is 13.2 Å². The number of hydrogen-bond acceptors (Lipinski definition) is 6. The van der Waals surface area contributed by atoms with Crippen LogP contribution in [0.3, 0.4) is 0 Å². The molecule has 0 radical (unpaired) electrons. The molecule has 7 nitrogen and oxygen atoms in total. The zero-order valence-electron chi connectivity index (χ0n) is 19.3. The smallest absolute Gasteiger partial charge is 0.338 e. The summed E-state index contributed by atoms with van der Waals surface area (Å²) < 4.78 is 23.6. The highest BCUT2D eigenvalue weighted by atomic mass is 31.2. The average molecular weight is 460 g/mol. The lowest BCUT2D eigenvalue weighted by Gasteiger charge is -2.28. The Kier molecular flexibility index (Phi) is 14.2. The molecule has 0 rings (SSSR count). The first kappa shape index (κ1) is 28.9. The molecule has 0 aromatic rings. The van der Waals surface area contributed by atoms with E-state index in [2.05, 4.69) is 49.1 Å². The first-order valence-corrected chi connectivity index (χ1v) is 13.9. The van der Waals surface area contributed by atoms with Crippen LogP contribution in [-0.4, -0.2) is 24.9 Å². The maximum absolute atomic E-state index is 13.0. The van der Waals surface area contributed by atoms with Gasteiger partial charge in [0.15, 0.2) is 7.26 Å². The van der Waals surface area contributed by atoms with Gasteiger partial charge < -0.3 is 9.05 Å². The monoisotopic (exact) mass is 460 g/mol. The number of nitrogens with zero attached hydrogens (tertiary/aromatic N) is 2. The molecule has 3 atom stereocenters. The highest BCUT2D eigenvalue weighted by Crippen LogP contribution is 2.71. The van der Waals surface area contributed by atoms with E-state index >= 15 is 0 Å². The summed E-state index contributed by atoms with van der Waals surface area (Å²) in [5.41, 5.74) is 3.72. The van der Waals surface area contributed by atoms with Crippen LogP contribution in [0.15, 0.2) is 44.8 Å². The molecule has 0 fully saturated rings. The van der Waals surface area contributed by atoms with Crippen LogP contribution in [0.25, 0.3) is 0 Å². The van der Waals surface area contributed by atoms with Crippen molar-refractivity contribution < 1.29 is 13.6 Å². The van der Waals surface area contributed by atoms with Gasteiger partial charge in [-0.25, -0.2) is 0 Å². The molecule has 0 aliphatic rings. The van der Waals surface area contributed by atoms with Gasteiger partial charge >= 0.3 is 7.52 Å². The van der Waals surface area contributed by atoms with Crippen molar-refractivity contribution in [2.45, 2.75) is 79.0 Å². The summed E-state index contributed by atoms with van der Waals surface area (Å²) in [6.07, 6.45) is 14.0. The summed E-state index contributed by atoms with van der Waals surface area (Å²) in [5.74, 6) is 0. The topological polar surface area (TPSA) is 94.4 Å². The molecule has 0 aliphatic heterocycles.